The van der Waals surface area contributed by atoms with Gasteiger partial charge < -0.3 is 49.5 Å². The predicted octanol–water partition coefficient (Wildman–Crippen LogP) is -0.705. The normalized spacial score (nSPS) is 30.7. The van der Waals surface area contributed by atoms with Gasteiger partial charge in [-0.05, 0) is 27.2 Å². The van der Waals surface area contributed by atoms with Crippen LogP contribution < -0.4 is 21.4 Å². The van der Waals surface area contributed by atoms with Crippen molar-refractivity contribution < 1.29 is 74.7 Å². The number of aliphatic hydroxyl groups is 1. The number of fused-ring (bicyclic) bond motifs is 3. The lowest BCUT2D eigenvalue weighted by atomic mass is 10.1. The molecule has 0 amide bonds. The molecular weight excluding hydrogens is 815 g/mol. The molecule has 0 bridgehead atoms. The van der Waals surface area contributed by atoms with E-state index in [9.17, 15) is 43.1 Å². The molecule has 29 heteroatoms. The van der Waals surface area contributed by atoms with Crippen LogP contribution in [-0.2, 0) is 57.4 Å². The van der Waals surface area contributed by atoms with Crippen LogP contribution in [0.25, 0.3) is 22.3 Å². The van der Waals surface area contributed by atoms with Gasteiger partial charge in [0.1, 0.15) is 36.3 Å². The number of ether oxygens (including phenoxy) is 4. The molecule has 56 heavy (non-hydrogen) atoms. The molecule has 5 unspecified atom stereocenters. The van der Waals surface area contributed by atoms with E-state index in [1.807, 2.05) is 0 Å². The van der Waals surface area contributed by atoms with Crippen LogP contribution in [0.4, 0.5) is 5.95 Å². The largest absolute Gasteiger partial charge is 0.490 e. The maximum atomic E-state index is 12.9. The Morgan fingerprint density at radius 1 is 1.02 bits per heavy atom. The monoisotopic (exact) mass is 854 g/mol. The van der Waals surface area contributed by atoms with Gasteiger partial charge in [0.25, 0.3) is 17.1 Å². The summed E-state index contributed by atoms with van der Waals surface area (Å²) in [5.41, 5.74) is 5.24. The maximum absolute atomic E-state index is 12.9. The predicted molar refractivity (Wildman–Crippen MR) is 184 cm³/mol. The molecule has 308 valence electrons. The minimum Gasteiger partial charge on any atom is -0.386 e. The molecule has 2 saturated heterocycles. The number of nitrogens with zero attached hydrogens (tertiary/aromatic N) is 6. The van der Waals surface area contributed by atoms with Gasteiger partial charge in [0, 0.05) is 13.0 Å². The van der Waals surface area contributed by atoms with E-state index in [-0.39, 0.29) is 40.5 Å². The lowest BCUT2D eigenvalue weighted by molar-refractivity contribution is -0.707. The van der Waals surface area contributed by atoms with Crippen molar-refractivity contribution in [2.24, 2.45) is 13.0 Å². The molecule has 3 aliphatic rings. The molecule has 11 atom stereocenters. The second-order valence-corrected chi connectivity index (χ2v) is 18.4. The van der Waals surface area contributed by atoms with Crippen molar-refractivity contribution in [3.63, 3.8) is 0 Å². The number of phosphoric ester groups is 2. The van der Waals surface area contributed by atoms with Gasteiger partial charge in [0.15, 0.2) is 29.5 Å². The Balaban J connectivity index is 0.987. The van der Waals surface area contributed by atoms with Crippen molar-refractivity contribution in [2.75, 3.05) is 26.1 Å². The minimum atomic E-state index is -5.88. The van der Waals surface area contributed by atoms with Gasteiger partial charge in [0.2, 0.25) is 5.52 Å². The molecule has 3 fully saturated rings. The third-order valence-corrected chi connectivity index (χ3v) is 13.6. The van der Waals surface area contributed by atoms with E-state index in [1.54, 1.807) is 36.4 Å². The van der Waals surface area contributed by atoms with Gasteiger partial charge in [-0.1, -0.05) is 4.98 Å². The third-order valence-electron chi connectivity index (χ3n) is 9.37. The van der Waals surface area contributed by atoms with Crippen LogP contribution in [0.2, 0.25) is 0 Å². The van der Waals surface area contributed by atoms with Gasteiger partial charge >= 0.3 is 29.1 Å². The third kappa shape index (κ3) is 7.93. The quantitative estimate of drug-likeness (QED) is 0.0645. The first-order valence-electron chi connectivity index (χ1n) is 16.7. The van der Waals surface area contributed by atoms with Crippen LogP contribution in [0.5, 0.6) is 0 Å². The summed E-state index contributed by atoms with van der Waals surface area (Å²) in [4.78, 5) is 73.2. The molecule has 8 N–H and O–H groups in total. The number of rotatable bonds is 13. The molecule has 0 spiro atoms. The summed E-state index contributed by atoms with van der Waals surface area (Å²) in [6.45, 7) is 3.35. The van der Waals surface area contributed by atoms with Crippen LogP contribution in [-0.4, -0.2) is 110 Å². The highest BCUT2D eigenvalue weighted by atomic mass is 31.3. The second-order valence-electron chi connectivity index (χ2n) is 13.8. The molecule has 26 nitrogen and oxygen atoms in total. The van der Waals surface area contributed by atoms with E-state index in [4.69, 9.17) is 33.7 Å². The highest BCUT2D eigenvalue weighted by Crippen LogP contribution is 2.68. The van der Waals surface area contributed by atoms with E-state index < -0.39 is 102 Å². The molecule has 0 aromatic carbocycles. The zero-order chi connectivity index (χ0) is 40.7. The average molecular weight is 855 g/mol. The minimum absolute atomic E-state index is 0.0547. The van der Waals surface area contributed by atoms with Crippen molar-refractivity contribution in [1.82, 2.24) is 34.1 Å². The highest BCUT2D eigenvalue weighted by molar-refractivity contribution is 7.66. The van der Waals surface area contributed by atoms with Crippen LogP contribution >= 0.6 is 23.5 Å². The number of H-pyrrole nitrogens is 2. The molecule has 7 rings (SSSR count). The summed E-state index contributed by atoms with van der Waals surface area (Å²) in [7, 11) is -14.1. The second kappa shape index (κ2) is 14.5. The average Bonchev–Trinajstić information content (AvgIpc) is 3.85. The van der Waals surface area contributed by atoms with Crippen molar-refractivity contribution in [2.45, 2.75) is 75.8 Å². The SMILES string of the molecule is COC1[C@@H](COP(=O)(O)OP(=O)(O)OP(=O)(O)OC[C@H]2C[C@@H]([n+]3cn(C)c4c(=O)[nH]c(N)nc43)C3OC(C)(C)O[C@H]32)O[C@@H](n2cnc3c(=O)[nH]c(C)nc32)[C@H]1O. The summed E-state index contributed by atoms with van der Waals surface area (Å²) in [6.07, 6.45) is -3.73. The van der Waals surface area contributed by atoms with Crippen molar-refractivity contribution >= 4 is 51.7 Å². The summed E-state index contributed by atoms with van der Waals surface area (Å²) < 4.78 is 84.6. The Hall–Kier alpha value is -3.29. The molecule has 0 radical (unpaired) electrons. The van der Waals surface area contributed by atoms with Crippen LogP contribution in [0, 0.1) is 12.8 Å². The number of nitrogens with one attached hydrogen (secondary N) is 2. The van der Waals surface area contributed by atoms with Crippen LogP contribution in [0.3, 0.4) is 0 Å². The van der Waals surface area contributed by atoms with E-state index in [2.05, 4.69) is 33.5 Å². The fraction of sp³-hybridized carbons (Fsp3) is 0.630. The number of aromatic amines is 2. The number of hydrogen-bond acceptors (Lipinski definition) is 18. The van der Waals surface area contributed by atoms with Crippen LogP contribution in [0.15, 0.2) is 22.2 Å². The first-order valence-corrected chi connectivity index (χ1v) is 21.2. The Labute approximate surface area is 314 Å². The van der Waals surface area contributed by atoms with E-state index in [0.717, 1.165) is 0 Å². The smallest absolute Gasteiger partial charge is 0.386 e. The van der Waals surface area contributed by atoms with E-state index in [0.29, 0.717) is 0 Å². The number of aromatic nitrogens is 8. The molecule has 1 saturated carbocycles. The fourth-order valence-electron chi connectivity index (χ4n) is 7.28. The number of methoxy groups -OCH3 is 1. The zero-order valence-corrected chi connectivity index (χ0v) is 32.8. The zero-order valence-electron chi connectivity index (χ0n) is 30.1. The molecule has 6 heterocycles. The number of anilines is 1. The molecule has 2 aliphatic heterocycles. The van der Waals surface area contributed by atoms with Gasteiger partial charge in [-0.15, -0.1) is 0 Å². The summed E-state index contributed by atoms with van der Waals surface area (Å²) in [5.74, 6) is -1.69. The number of nitrogen functional groups attached to an aromatic ring is 1. The summed E-state index contributed by atoms with van der Waals surface area (Å²) >= 11 is 0. The van der Waals surface area contributed by atoms with E-state index in [1.165, 1.54) is 24.9 Å². The van der Waals surface area contributed by atoms with Crippen LogP contribution in [0.1, 0.15) is 38.4 Å². The number of nitrogens with two attached hydrogens (primary N) is 1. The number of aryl methyl sites for hydroxylation is 2. The first kappa shape index (κ1) is 40.9. The standard InChI is InChI=1S/C27H38N9O17P3/c1-11-30-21-15(23(38)31-11)29-9-35(21)25-17(37)20(46-5)14(49-25)8-48-55(42,43)53-56(44,45)52-54(40,41)47-7-12-6-13(19-18(12)50-27(2,3)51-19)36-10-34(4)16-22(36)32-26(28)33-24(16)39/h9-10,12-14,17-20,25,37H,6-8H2,1-5H3,(H6-,28,30,31,32,33,38,39,40,41,42,43,44,45)/p+1/t12-,13-,14-,17+,18+,19?,20?,25-/m1/s1. The Morgan fingerprint density at radius 3 is 2.36 bits per heavy atom. The molecular formula is C27H39N9O17P3+. The Morgan fingerprint density at radius 2 is 1.68 bits per heavy atom. The summed E-state index contributed by atoms with van der Waals surface area (Å²) in [5, 5.41) is 10.9. The number of aliphatic hydroxyl groups excluding tert-OH is 1. The number of phosphoric acid groups is 3. The Kier molecular flexibility index (Phi) is 10.6. The lowest BCUT2D eigenvalue weighted by Gasteiger charge is -2.24. The van der Waals surface area contributed by atoms with Gasteiger partial charge in [-0.25, -0.2) is 28.2 Å². The number of hydrogen-bond donors (Lipinski definition) is 7. The maximum Gasteiger partial charge on any atom is 0.490 e. The van der Waals surface area contributed by atoms with E-state index >= 15 is 0 Å². The van der Waals surface area contributed by atoms with Gasteiger partial charge in [-0.2, -0.15) is 8.62 Å². The topological polar surface area (TPSA) is 350 Å². The van der Waals surface area contributed by atoms with Crippen molar-refractivity contribution in [3.8, 4) is 0 Å². The lowest BCUT2D eigenvalue weighted by Crippen LogP contribution is -2.45. The highest BCUT2D eigenvalue weighted by Gasteiger charge is 2.57. The summed E-state index contributed by atoms with van der Waals surface area (Å²) in [6, 6.07) is -0.557. The number of imidazole rings is 2. The van der Waals surface area contributed by atoms with Gasteiger partial charge in [0.05, 0.1) is 32.7 Å². The Bertz CT molecular complexity index is 2430. The van der Waals surface area contributed by atoms with Gasteiger partial charge in [-0.3, -0.25) is 32.8 Å². The van der Waals surface area contributed by atoms with Crippen molar-refractivity contribution in [3.05, 3.63) is 39.2 Å². The molecule has 4 aromatic heterocycles. The van der Waals surface area contributed by atoms with Crippen molar-refractivity contribution in [1.29, 1.82) is 0 Å². The molecule has 4 aromatic rings. The fourth-order valence-corrected chi connectivity index (χ4v) is 10.8. The first-order chi connectivity index (χ1) is 26.1. The molecule has 1 aliphatic carbocycles.